The van der Waals surface area contributed by atoms with Crippen molar-refractivity contribution in [1.82, 2.24) is 9.80 Å². The maximum atomic E-state index is 5.82. The minimum atomic E-state index is 0.736. The fourth-order valence-corrected chi connectivity index (χ4v) is 3.70. The second kappa shape index (κ2) is 6.70. The zero-order valence-corrected chi connectivity index (χ0v) is 12.4. The first kappa shape index (κ1) is 14.1. The van der Waals surface area contributed by atoms with Crippen LogP contribution < -0.4 is 5.73 Å². The summed E-state index contributed by atoms with van der Waals surface area (Å²) in [5.74, 6) is 0.736. The summed E-state index contributed by atoms with van der Waals surface area (Å²) in [4.78, 5) is 5.31. The van der Waals surface area contributed by atoms with Crippen LogP contribution in [0.3, 0.4) is 0 Å². The van der Waals surface area contributed by atoms with E-state index in [2.05, 4.69) is 40.1 Å². The van der Waals surface area contributed by atoms with E-state index in [1.165, 1.54) is 51.0 Å². The first-order valence-electron chi connectivity index (χ1n) is 8.05. The molecule has 2 atom stereocenters. The van der Waals surface area contributed by atoms with Crippen LogP contribution in [0.5, 0.6) is 0 Å². The summed E-state index contributed by atoms with van der Waals surface area (Å²) in [6, 6.07) is 11.6. The Bertz CT molecular complexity index is 406. The molecule has 0 saturated carbocycles. The molecule has 1 aromatic carbocycles. The topological polar surface area (TPSA) is 32.5 Å². The van der Waals surface area contributed by atoms with Gasteiger partial charge in [0, 0.05) is 25.7 Å². The number of hydrogen-bond donors (Lipinski definition) is 1. The Morgan fingerprint density at radius 1 is 1.05 bits per heavy atom. The molecule has 2 N–H and O–H groups in total. The standard InChI is InChI=1S/C17H27N3/c18-11-16-8-10-20(13-16)17-7-4-9-19(14-17)12-15-5-2-1-3-6-15/h1-3,5-6,16-17H,4,7-14,18H2. The van der Waals surface area contributed by atoms with Gasteiger partial charge >= 0.3 is 0 Å². The normalized spacial score (nSPS) is 28.9. The summed E-state index contributed by atoms with van der Waals surface area (Å²) >= 11 is 0. The third kappa shape index (κ3) is 3.40. The molecule has 110 valence electrons. The zero-order valence-electron chi connectivity index (χ0n) is 12.4. The first-order chi connectivity index (χ1) is 9.85. The lowest BCUT2D eigenvalue weighted by Gasteiger charge is -2.37. The number of likely N-dealkylation sites (tertiary alicyclic amines) is 2. The van der Waals surface area contributed by atoms with Crippen LogP contribution in [0.15, 0.2) is 30.3 Å². The van der Waals surface area contributed by atoms with E-state index in [1.54, 1.807) is 0 Å². The average molecular weight is 273 g/mol. The third-order valence-corrected chi connectivity index (χ3v) is 4.90. The molecule has 2 heterocycles. The van der Waals surface area contributed by atoms with Crippen molar-refractivity contribution in [3.8, 4) is 0 Å². The molecule has 3 nitrogen and oxygen atoms in total. The molecule has 2 aliphatic heterocycles. The Balaban J connectivity index is 1.54. The largest absolute Gasteiger partial charge is 0.330 e. The van der Waals surface area contributed by atoms with Crippen molar-refractivity contribution in [1.29, 1.82) is 0 Å². The Hall–Kier alpha value is -0.900. The van der Waals surface area contributed by atoms with Crippen LogP contribution in [0, 0.1) is 5.92 Å². The summed E-state index contributed by atoms with van der Waals surface area (Å²) in [6.07, 6.45) is 4.00. The van der Waals surface area contributed by atoms with Gasteiger partial charge in [0.1, 0.15) is 0 Å². The fourth-order valence-electron chi connectivity index (χ4n) is 3.70. The number of piperidine rings is 1. The van der Waals surface area contributed by atoms with E-state index >= 15 is 0 Å². The molecule has 0 spiro atoms. The summed E-state index contributed by atoms with van der Waals surface area (Å²) in [6.45, 7) is 6.92. The zero-order chi connectivity index (χ0) is 13.8. The van der Waals surface area contributed by atoms with Gasteiger partial charge in [-0.2, -0.15) is 0 Å². The minimum Gasteiger partial charge on any atom is -0.330 e. The Morgan fingerprint density at radius 2 is 1.90 bits per heavy atom. The molecule has 0 bridgehead atoms. The van der Waals surface area contributed by atoms with E-state index in [0.717, 1.165) is 25.0 Å². The molecule has 0 amide bonds. The van der Waals surface area contributed by atoms with Crippen LogP contribution in [0.1, 0.15) is 24.8 Å². The van der Waals surface area contributed by atoms with Gasteiger partial charge < -0.3 is 5.73 Å². The first-order valence-corrected chi connectivity index (χ1v) is 8.05. The highest BCUT2D eigenvalue weighted by atomic mass is 15.2. The number of benzene rings is 1. The number of rotatable bonds is 4. The maximum absolute atomic E-state index is 5.82. The Kier molecular flexibility index (Phi) is 4.71. The van der Waals surface area contributed by atoms with Crippen molar-refractivity contribution in [3.05, 3.63) is 35.9 Å². The summed E-state index contributed by atoms with van der Waals surface area (Å²) in [5.41, 5.74) is 7.26. The smallest absolute Gasteiger partial charge is 0.0234 e. The van der Waals surface area contributed by atoms with Gasteiger partial charge in [0.15, 0.2) is 0 Å². The predicted octanol–water partition coefficient (Wildman–Crippen LogP) is 1.93. The lowest BCUT2D eigenvalue weighted by Crippen LogP contribution is -2.46. The van der Waals surface area contributed by atoms with E-state index in [0.29, 0.717) is 0 Å². The van der Waals surface area contributed by atoms with Gasteiger partial charge in [0.2, 0.25) is 0 Å². The van der Waals surface area contributed by atoms with Gasteiger partial charge in [-0.25, -0.2) is 0 Å². The minimum absolute atomic E-state index is 0.736. The molecule has 0 aromatic heterocycles. The number of nitrogens with two attached hydrogens (primary N) is 1. The predicted molar refractivity (Wildman–Crippen MR) is 83.5 cm³/mol. The molecule has 0 aliphatic carbocycles. The Labute approximate surface area is 122 Å². The average Bonchev–Trinajstić information content (AvgIpc) is 2.98. The highest BCUT2D eigenvalue weighted by Crippen LogP contribution is 2.24. The molecule has 0 radical (unpaired) electrons. The monoisotopic (exact) mass is 273 g/mol. The molecule has 1 aromatic rings. The summed E-state index contributed by atoms with van der Waals surface area (Å²) in [5, 5.41) is 0. The van der Waals surface area contributed by atoms with Crippen LogP contribution in [0.25, 0.3) is 0 Å². The molecule has 2 fully saturated rings. The molecular weight excluding hydrogens is 246 g/mol. The Morgan fingerprint density at radius 3 is 2.65 bits per heavy atom. The third-order valence-electron chi connectivity index (χ3n) is 4.90. The van der Waals surface area contributed by atoms with Crippen LogP contribution in [0.4, 0.5) is 0 Å². The molecule has 20 heavy (non-hydrogen) atoms. The summed E-state index contributed by atoms with van der Waals surface area (Å²) in [7, 11) is 0. The summed E-state index contributed by atoms with van der Waals surface area (Å²) < 4.78 is 0. The van der Waals surface area contributed by atoms with Gasteiger partial charge in [0.05, 0.1) is 0 Å². The van der Waals surface area contributed by atoms with E-state index in [1.807, 2.05) is 0 Å². The van der Waals surface area contributed by atoms with E-state index in [9.17, 15) is 0 Å². The van der Waals surface area contributed by atoms with Crippen molar-refractivity contribution < 1.29 is 0 Å². The SMILES string of the molecule is NCC1CCN(C2CCCN(Cc3ccccc3)C2)C1. The van der Waals surface area contributed by atoms with Gasteiger partial charge in [-0.15, -0.1) is 0 Å². The van der Waals surface area contributed by atoms with Crippen LogP contribution >= 0.6 is 0 Å². The van der Waals surface area contributed by atoms with Crippen molar-refractivity contribution in [2.24, 2.45) is 11.7 Å². The van der Waals surface area contributed by atoms with E-state index in [4.69, 9.17) is 5.73 Å². The van der Waals surface area contributed by atoms with Gasteiger partial charge in [0.25, 0.3) is 0 Å². The quantitative estimate of drug-likeness (QED) is 0.910. The maximum Gasteiger partial charge on any atom is 0.0234 e. The molecule has 3 heteroatoms. The van der Waals surface area contributed by atoms with Crippen LogP contribution in [0.2, 0.25) is 0 Å². The van der Waals surface area contributed by atoms with Gasteiger partial charge in [-0.3, -0.25) is 9.80 Å². The molecular formula is C17H27N3. The molecule has 2 aliphatic rings. The second-order valence-corrected chi connectivity index (χ2v) is 6.40. The number of nitrogens with zero attached hydrogens (tertiary/aromatic N) is 2. The van der Waals surface area contributed by atoms with Crippen molar-refractivity contribution in [2.45, 2.75) is 31.8 Å². The molecule has 2 saturated heterocycles. The fraction of sp³-hybridized carbons (Fsp3) is 0.647. The number of hydrogen-bond acceptors (Lipinski definition) is 3. The van der Waals surface area contributed by atoms with Crippen LogP contribution in [-0.2, 0) is 6.54 Å². The van der Waals surface area contributed by atoms with Crippen molar-refractivity contribution in [3.63, 3.8) is 0 Å². The van der Waals surface area contributed by atoms with E-state index < -0.39 is 0 Å². The highest BCUT2D eigenvalue weighted by Gasteiger charge is 2.30. The van der Waals surface area contributed by atoms with Crippen molar-refractivity contribution >= 4 is 0 Å². The van der Waals surface area contributed by atoms with Gasteiger partial charge in [-0.05, 0) is 50.4 Å². The van der Waals surface area contributed by atoms with E-state index in [-0.39, 0.29) is 0 Å². The highest BCUT2D eigenvalue weighted by molar-refractivity contribution is 5.14. The lowest BCUT2D eigenvalue weighted by molar-refractivity contribution is 0.108. The van der Waals surface area contributed by atoms with Gasteiger partial charge in [-0.1, -0.05) is 30.3 Å². The molecule has 2 unspecified atom stereocenters. The van der Waals surface area contributed by atoms with Crippen LogP contribution in [-0.4, -0.2) is 48.6 Å². The second-order valence-electron chi connectivity index (χ2n) is 6.40. The molecule has 3 rings (SSSR count). The lowest BCUT2D eigenvalue weighted by atomic mass is 10.0. The van der Waals surface area contributed by atoms with Crippen molar-refractivity contribution in [2.75, 3.05) is 32.7 Å².